The van der Waals surface area contributed by atoms with Crippen molar-refractivity contribution in [1.82, 2.24) is 0 Å². The zero-order valence-electron chi connectivity index (χ0n) is 39.0. The zero-order valence-corrected chi connectivity index (χ0v) is 39.0. The second kappa shape index (κ2) is 15.4. The van der Waals surface area contributed by atoms with Crippen molar-refractivity contribution >= 4 is 49.8 Å². The molecule has 14 rings (SSSR count). The summed E-state index contributed by atoms with van der Waals surface area (Å²) in [7, 11) is 0. The Kier molecular flexibility index (Phi) is 8.88. The molecule has 0 atom stereocenters. The molecule has 11 aromatic carbocycles. The second-order valence-corrected chi connectivity index (χ2v) is 19.5. The Morgan fingerprint density at radius 2 is 0.943 bits per heavy atom. The summed E-state index contributed by atoms with van der Waals surface area (Å²) in [4.78, 5) is 2.52. The van der Waals surface area contributed by atoms with E-state index in [0.29, 0.717) is 0 Å². The molecule has 0 saturated carbocycles. The van der Waals surface area contributed by atoms with E-state index in [1.165, 1.54) is 72.1 Å². The van der Waals surface area contributed by atoms with E-state index in [-0.39, 0.29) is 5.41 Å². The van der Waals surface area contributed by atoms with Crippen molar-refractivity contribution in [3.8, 4) is 44.5 Å². The Morgan fingerprint density at radius 1 is 0.371 bits per heavy atom. The van der Waals surface area contributed by atoms with Gasteiger partial charge in [0.05, 0.1) is 11.1 Å². The van der Waals surface area contributed by atoms with Crippen molar-refractivity contribution < 1.29 is 4.42 Å². The van der Waals surface area contributed by atoms with Crippen LogP contribution < -0.4 is 4.90 Å². The number of nitrogens with zero attached hydrogens (tertiary/aromatic N) is 1. The lowest BCUT2D eigenvalue weighted by atomic mass is 9.67. The average molecular weight is 894 g/mol. The third kappa shape index (κ3) is 5.74. The zero-order chi connectivity index (χ0) is 46.6. The molecule has 0 saturated heterocycles. The predicted molar refractivity (Wildman–Crippen MR) is 292 cm³/mol. The van der Waals surface area contributed by atoms with Crippen LogP contribution in [-0.4, -0.2) is 0 Å². The molecule has 0 N–H and O–H groups in total. The smallest absolute Gasteiger partial charge is 0.143 e. The first-order valence-corrected chi connectivity index (χ1v) is 24.4. The highest BCUT2D eigenvalue weighted by Crippen LogP contribution is 2.59. The minimum absolute atomic E-state index is 0.254. The monoisotopic (exact) mass is 893 g/mol. The largest absolute Gasteiger partial charge is 0.455 e. The van der Waals surface area contributed by atoms with Gasteiger partial charge >= 0.3 is 0 Å². The summed E-state index contributed by atoms with van der Waals surface area (Å²) in [6, 6.07) is 91.8. The molecule has 2 aliphatic rings. The van der Waals surface area contributed by atoms with Gasteiger partial charge in [0.15, 0.2) is 0 Å². The molecule has 0 amide bonds. The van der Waals surface area contributed by atoms with E-state index in [0.717, 1.165) is 55.5 Å². The number of furan rings is 1. The van der Waals surface area contributed by atoms with E-state index < -0.39 is 5.41 Å². The van der Waals surface area contributed by atoms with Gasteiger partial charge in [-0.1, -0.05) is 220 Å². The summed E-state index contributed by atoms with van der Waals surface area (Å²) in [5.74, 6) is 0. The minimum Gasteiger partial charge on any atom is -0.455 e. The molecule has 0 spiro atoms. The number of rotatable bonds is 7. The molecule has 2 nitrogen and oxygen atoms in total. The van der Waals surface area contributed by atoms with Crippen LogP contribution in [-0.2, 0) is 10.8 Å². The van der Waals surface area contributed by atoms with E-state index in [2.05, 4.69) is 267 Å². The van der Waals surface area contributed by atoms with Gasteiger partial charge in [0.25, 0.3) is 0 Å². The van der Waals surface area contributed by atoms with E-state index in [1.54, 1.807) is 0 Å². The van der Waals surface area contributed by atoms with Gasteiger partial charge in [-0.25, -0.2) is 0 Å². The van der Waals surface area contributed by atoms with Crippen LogP contribution in [0.25, 0.3) is 77.2 Å². The third-order valence-electron chi connectivity index (χ3n) is 15.5. The van der Waals surface area contributed by atoms with Gasteiger partial charge in [0.1, 0.15) is 11.2 Å². The molecule has 1 heterocycles. The second-order valence-electron chi connectivity index (χ2n) is 19.5. The Balaban J connectivity index is 1.04. The standard InChI is InChI=1S/C68H47NO/c1-67(2)59-33-18-30-50(44-20-6-3-7-21-44)64(59)56-41-38-48(42-60(56)67)69(62-34-17-15-29-54(62)55-31-19-35-63-65(55)57-39-36-45-22-12-13-27-51(45)66(57)70-63)49-37-40-53-52-28-14-16-32-58(52)68(61(53)43-49,46-23-8-4-9-24-46)47-25-10-5-11-26-47/h3-43H,1-2H3. The Labute approximate surface area is 408 Å². The highest BCUT2D eigenvalue weighted by atomic mass is 16.3. The summed E-state index contributed by atoms with van der Waals surface area (Å²) in [6.07, 6.45) is 0. The number of anilines is 3. The van der Waals surface area contributed by atoms with Crippen molar-refractivity contribution in [1.29, 1.82) is 0 Å². The molecule has 0 unspecified atom stereocenters. The maximum absolute atomic E-state index is 6.82. The predicted octanol–water partition coefficient (Wildman–Crippen LogP) is 18.2. The van der Waals surface area contributed by atoms with Gasteiger partial charge < -0.3 is 9.32 Å². The number of hydrogen-bond donors (Lipinski definition) is 0. The molecule has 2 heteroatoms. The highest BCUT2D eigenvalue weighted by molar-refractivity contribution is 6.20. The first kappa shape index (κ1) is 40.4. The minimum atomic E-state index is -0.560. The summed E-state index contributed by atoms with van der Waals surface area (Å²) >= 11 is 0. The molecule has 1 aromatic heterocycles. The Hall–Kier alpha value is -8.72. The fraction of sp³-hybridized carbons (Fsp3) is 0.0588. The number of para-hydroxylation sites is 1. The highest BCUT2D eigenvalue weighted by Gasteiger charge is 2.46. The van der Waals surface area contributed by atoms with Crippen LogP contribution in [0.5, 0.6) is 0 Å². The molecule has 0 bridgehead atoms. The molecule has 0 aliphatic heterocycles. The van der Waals surface area contributed by atoms with Crippen LogP contribution >= 0.6 is 0 Å². The van der Waals surface area contributed by atoms with E-state index >= 15 is 0 Å². The maximum atomic E-state index is 6.82. The topological polar surface area (TPSA) is 16.4 Å². The number of benzene rings is 11. The van der Waals surface area contributed by atoms with Gasteiger partial charge in [0, 0.05) is 38.5 Å². The molecule has 0 radical (unpaired) electrons. The van der Waals surface area contributed by atoms with E-state index in [1.807, 2.05) is 0 Å². The lowest BCUT2D eigenvalue weighted by Gasteiger charge is -2.35. The molecular formula is C68H47NO. The molecular weight excluding hydrogens is 847 g/mol. The fourth-order valence-corrected chi connectivity index (χ4v) is 12.4. The summed E-state index contributed by atoms with van der Waals surface area (Å²) < 4.78 is 6.82. The van der Waals surface area contributed by atoms with Crippen LogP contribution in [0.1, 0.15) is 47.2 Å². The SMILES string of the molecule is CC1(C)c2cc(N(c3ccc4c(c3)C(c3ccccc3)(c3ccccc3)c3ccccc3-4)c3ccccc3-c3cccc4oc5c6ccccc6ccc5c34)ccc2-c2c(-c3ccccc3)cccc21. The van der Waals surface area contributed by atoms with Crippen LogP contribution in [0.15, 0.2) is 253 Å². The quantitative estimate of drug-likeness (QED) is 0.158. The van der Waals surface area contributed by atoms with Crippen molar-refractivity contribution in [3.05, 3.63) is 282 Å². The van der Waals surface area contributed by atoms with Crippen LogP contribution in [0.2, 0.25) is 0 Å². The third-order valence-corrected chi connectivity index (χ3v) is 15.5. The Bertz CT molecular complexity index is 3990. The van der Waals surface area contributed by atoms with Crippen molar-refractivity contribution in [3.63, 3.8) is 0 Å². The van der Waals surface area contributed by atoms with Gasteiger partial charge in [-0.05, 0) is 120 Å². The fourth-order valence-electron chi connectivity index (χ4n) is 12.4. The van der Waals surface area contributed by atoms with Gasteiger partial charge in [-0.15, -0.1) is 0 Å². The summed E-state index contributed by atoms with van der Waals surface area (Å²) in [5, 5.41) is 4.52. The van der Waals surface area contributed by atoms with Gasteiger partial charge in [0.2, 0.25) is 0 Å². The first-order valence-electron chi connectivity index (χ1n) is 24.4. The van der Waals surface area contributed by atoms with Gasteiger partial charge in [-0.2, -0.15) is 0 Å². The molecule has 2 aliphatic carbocycles. The van der Waals surface area contributed by atoms with Gasteiger partial charge in [-0.3, -0.25) is 0 Å². The molecule has 12 aromatic rings. The normalized spacial score (nSPS) is 13.8. The lowest BCUT2D eigenvalue weighted by molar-refractivity contribution is 0.660. The van der Waals surface area contributed by atoms with E-state index in [4.69, 9.17) is 4.42 Å². The first-order chi connectivity index (χ1) is 34.5. The Morgan fingerprint density at radius 3 is 1.71 bits per heavy atom. The van der Waals surface area contributed by atoms with Crippen LogP contribution in [0.4, 0.5) is 17.1 Å². The summed E-state index contributed by atoms with van der Waals surface area (Å²) in [6.45, 7) is 4.78. The summed E-state index contributed by atoms with van der Waals surface area (Å²) in [5.41, 5.74) is 21.9. The van der Waals surface area contributed by atoms with Crippen molar-refractivity contribution in [2.75, 3.05) is 4.90 Å². The van der Waals surface area contributed by atoms with Crippen LogP contribution in [0, 0.1) is 0 Å². The van der Waals surface area contributed by atoms with Crippen LogP contribution in [0.3, 0.4) is 0 Å². The number of fused-ring (bicyclic) bond motifs is 11. The molecule has 330 valence electrons. The lowest BCUT2D eigenvalue weighted by Crippen LogP contribution is -2.28. The average Bonchev–Trinajstić information content (AvgIpc) is 4.03. The molecule has 0 fully saturated rings. The van der Waals surface area contributed by atoms with E-state index in [9.17, 15) is 0 Å². The number of hydrogen-bond acceptors (Lipinski definition) is 2. The maximum Gasteiger partial charge on any atom is 0.143 e. The van der Waals surface area contributed by atoms with Crippen molar-refractivity contribution in [2.24, 2.45) is 0 Å². The molecule has 70 heavy (non-hydrogen) atoms. The van der Waals surface area contributed by atoms with Crippen molar-refractivity contribution in [2.45, 2.75) is 24.7 Å².